The maximum absolute atomic E-state index is 12.8. The Morgan fingerprint density at radius 1 is 0.235 bits per heavy atom. The smallest absolute Gasteiger partial charge is 0.306 e. The summed E-state index contributed by atoms with van der Waals surface area (Å²) in [6.45, 7) is 6.65. The summed E-state index contributed by atoms with van der Waals surface area (Å²) in [6.07, 6.45) is 65.9. The van der Waals surface area contributed by atoms with Gasteiger partial charge in [0.2, 0.25) is 0 Å². The molecule has 0 aliphatic heterocycles. The van der Waals surface area contributed by atoms with Gasteiger partial charge in [0.1, 0.15) is 13.2 Å². The molecule has 0 radical (unpaired) electrons. The minimum absolute atomic E-state index is 0.0622. The number of hydrogen-bond donors (Lipinski definition) is 0. The Balaban J connectivity index is 3.93. The van der Waals surface area contributed by atoms with Crippen molar-refractivity contribution in [2.75, 3.05) is 13.2 Å². The molecule has 6 nitrogen and oxygen atoms in total. The van der Waals surface area contributed by atoms with E-state index in [1.165, 1.54) is 263 Å². The second-order valence-corrected chi connectivity index (χ2v) is 21.3. The summed E-state index contributed by atoms with van der Waals surface area (Å²) in [6, 6.07) is 0. The first kappa shape index (κ1) is 66.4. The van der Waals surface area contributed by atoms with Crippen LogP contribution in [0.2, 0.25) is 0 Å². The molecule has 68 heavy (non-hydrogen) atoms. The Bertz CT molecular complexity index is 1010. The molecule has 0 aromatic heterocycles. The fraction of sp³-hybridized carbons (Fsp3) is 0.952. The van der Waals surface area contributed by atoms with Gasteiger partial charge in [-0.3, -0.25) is 14.4 Å². The highest BCUT2D eigenvalue weighted by Crippen LogP contribution is 2.18. The first-order chi connectivity index (χ1) is 33.5. The zero-order valence-electron chi connectivity index (χ0n) is 46.4. The van der Waals surface area contributed by atoms with Crippen molar-refractivity contribution in [1.82, 2.24) is 0 Å². The lowest BCUT2D eigenvalue weighted by atomic mass is 10.0. The van der Waals surface area contributed by atoms with E-state index in [9.17, 15) is 14.4 Å². The predicted octanol–water partition coefficient (Wildman–Crippen LogP) is 20.7. The minimum Gasteiger partial charge on any atom is -0.462 e. The topological polar surface area (TPSA) is 78.9 Å². The number of ether oxygens (including phenoxy) is 3. The van der Waals surface area contributed by atoms with Gasteiger partial charge < -0.3 is 14.2 Å². The molecule has 404 valence electrons. The molecule has 0 heterocycles. The molecule has 0 aromatic rings. The SMILES string of the molecule is CCCCCCCCCCCCCCCCCCCCCCCCCCCCCCCC(=O)OCC(COC(=O)CCCCCCCC)OC(=O)CCCCCCCCCCCCCCCCC. The first-order valence-corrected chi connectivity index (χ1v) is 31.0. The van der Waals surface area contributed by atoms with E-state index in [0.717, 1.165) is 57.8 Å². The summed E-state index contributed by atoms with van der Waals surface area (Å²) in [5.41, 5.74) is 0. The van der Waals surface area contributed by atoms with Crippen molar-refractivity contribution in [3.05, 3.63) is 0 Å². The highest BCUT2D eigenvalue weighted by Gasteiger charge is 2.19. The van der Waals surface area contributed by atoms with Crippen molar-refractivity contribution in [3.8, 4) is 0 Å². The van der Waals surface area contributed by atoms with Crippen LogP contribution in [0.3, 0.4) is 0 Å². The summed E-state index contributed by atoms with van der Waals surface area (Å²) in [5.74, 6) is -0.846. The zero-order valence-corrected chi connectivity index (χ0v) is 46.4. The molecule has 0 aliphatic carbocycles. The maximum atomic E-state index is 12.8. The van der Waals surface area contributed by atoms with E-state index in [4.69, 9.17) is 14.2 Å². The van der Waals surface area contributed by atoms with E-state index in [1.807, 2.05) is 0 Å². The van der Waals surface area contributed by atoms with Crippen molar-refractivity contribution in [2.24, 2.45) is 0 Å². The summed E-state index contributed by atoms with van der Waals surface area (Å²) in [4.78, 5) is 37.9. The second kappa shape index (κ2) is 58.0. The number of esters is 3. The molecule has 0 fully saturated rings. The summed E-state index contributed by atoms with van der Waals surface area (Å²) < 4.78 is 16.8. The van der Waals surface area contributed by atoms with Gasteiger partial charge in [-0.2, -0.15) is 0 Å². The Kier molecular flexibility index (Phi) is 56.6. The van der Waals surface area contributed by atoms with Crippen molar-refractivity contribution in [1.29, 1.82) is 0 Å². The molecular formula is C62H120O6. The molecule has 6 heteroatoms. The molecule has 0 rings (SSSR count). The second-order valence-electron chi connectivity index (χ2n) is 21.3. The molecule has 0 bridgehead atoms. The van der Waals surface area contributed by atoms with Crippen LogP contribution in [-0.2, 0) is 28.6 Å². The molecule has 0 spiro atoms. The van der Waals surface area contributed by atoms with Gasteiger partial charge in [0.15, 0.2) is 6.10 Å². The van der Waals surface area contributed by atoms with Crippen LogP contribution in [0.1, 0.15) is 361 Å². The van der Waals surface area contributed by atoms with E-state index in [0.29, 0.717) is 19.3 Å². The van der Waals surface area contributed by atoms with Gasteiger partial charge >= 0.3 is 17.9 Å². The van der Waals surface area contributed by atoms with Crippen LogP contribution in [0.5, 0.6) is 0 Å². The van der Waals surface area contributed by atoms with Crippen molar-refractivity contribution < 1.29 is 28.6 Å². The van der Waals surface area contributed by atoms with Gasteiger partial charge in [-0.05, 0) is 19.3 Å². The van der Waals surface area contributed by atoms with Crippen LogP contribution in [0.25, 0.3) is 0 Å². The molecule has 0 aliphatic rings. The van der Waals surface area contributed by atoms with Crippen LogP contribution < -0.4 is 0 Å². The van der Waals surface area contributed by atoms with Gasteiger partial charge in [-0.1, -0.05) is 323 Å². The standard InChI is InChI=1S/C62H120O6/c1-4-7-10-13-16-18-20-22-24-25-26-27-28-29-30-31-32-33-34-35-36-37-39-40-42-44-46-49-52-55-61(64)67-58-59(57-66-60(63)54-51-48-15-12-9-6-3)68-62(65)56-53-50-47-45-43-41-38-23-21-19-17-14-11-8-5-2/h59H,4-58H2,1-3H3. The van der Waals surface area contributed by atoms with E-state index < -0.39 is 6.10 Å². The lowest BCUT2D eigenvalue weighted by Gasteiger charge is -2.18. The first-order valence-electron chi connectivity index (χ1n) is 31.0. The monoisotopic (exact) mass is 961 g/mol. The van der Waals surface area contributed by atoms with Crippen LogP contribution in [0, 0.1) is 0 Å². The average Bonchev–Trinajstić information content (AvgIpc) is 3.34. The molecule has 0 saturated carbocycles. The van der Waals surface area contributed by atoms with E-state index in [2.05, 4.69) is 20.8 Å². The molecule has 1 atom stereocenters. The summed E-state index contributed by atoms with van der Waals surface area (Å²) >= 11 is 0. The normalized spacial score (nSPS) is 11.9. The molecule has 1 unspecified atom stereocenters. The number of carbonyl (C=O) groups is 3. The lowest BCUT2D eigenvalue weighted by molar-refractivity contribution is -0.167. The Hall–Kier alpha value is -1.59. The van der Waals surface area contributed by atoms with Crippen molar-refractivity contribution >= 4 is 17.9 Å². The minimum atomic E-state index is -0.759. The van der Waals surface area contributed by atoms with Gasteiger partial charge in [-0.25, -0.2) is 0 Å². The van der Waals surface area contributed by atoms with E-state index in [1.54, 1.807) is 0 Å². The quantitative estimate of drug-likeness (QED) is 0.0343. The number of hydrogen-bond acceptors (Lipinski definition) is 6. The van der Waals surface area contributed by atoms with Crippen LogP contribution in [-0.4, -0.2) is 37.2 Å². The third-order valence-electron chi connectivity index (χ3n) is 14.4. The van der Waals surface area contributed by atoms with Gasteiger partial charge in [-0.15, -0.1) is 0 Å². The predicted molar refractivity (Wildman–Crippen MR) is 294 cm³/mol. The molecular weight excluding hydrogens is 841 g/mol. The van der Waals surface area contributed by atoms with Crippen LogP contribution in [0.4, 0.5) is 0 Å². The van der Waals surface area contributed by atoms with Gasteiger partial charge in [0.05, 0.1) is 0 Å². The highest BCUT2D eigenvalue weighted by molar-refractivity contribution is 5.71. The van der Waals surface area contributed by atoms with Crippen LogP contribution in [0.15, 0.2) is 0 Å². The number of carbonyl (C=O) groups excluding carboxylic acids is 3. The van der Waals surface area contributed by atoms with Gasteiger partial charge in [0, 0.05) is 19.3 Å². The fourth-order valence-electron chi connectivity index (χ4n) is 9.68. The van der Waals surface area contributed by atoms with Crippen molar-refractivity contribution in [3.63, 3.8) is 0 Å². The number of unbranched alkanes of at least 4 members (excludes halogenated alkanes) is 47. The van der Waals surface area contributed by atoms with E-state index in [-0.39, 0.29) is 31.1 Å². The largest absolute Gasteiger partial charge is 0.462 e. The Morgan fingerprint density at radius 2 is 0.397 bits per heavy atom. The average molecular weight is 962 g/mol. The molecule has 0 saturated heterocycles. The summed E-state index contributed by atoms with van der Waals surface area (Å²) in [5, 5.41) is 0. The number of rotatable bonds is 58. The fourth-order valence-corrected chi connectivity index (χ4v) is 9.68. The summed E-state index contributed by atoms with van der Waals surface area (Å²) in [7, 11) is 0. The van der Waals surface area contributed by atoms with E-state index >= 15 is 0 Å². The molecule has 0 amide bonds. The maximum Gasteiger partial charge on any atom is 0.306 e. The van der Waals surface area contributed by atoms with Crippen molar-refractivity contribution in [2.45, 2.75) is 367 Å². The third-order valence-corrected chi connectivity index (χ3v) is 14.4. The molecule has 0 N–H and O–H groups in total. The highest BCUT2D eigenvalue weighted by atomic mass is 16.6. The lowest BCUT2D eigenvalue weighted by Crippen LogP contribution is -2.30. The van der Waals surface area contributed by atoms with Crippen LogP contribution >= 0.6 is 0 Å². The zero-order chi connectivity index (χ0) is 49.3. The third kappa shape index (κ3) is 55.3. The Morgan fingerprint density at radius 3 is 0.588 bits per heavy atom. The molecule has 0 aromatic carbocycles. The van der Waals surface area contributed by atoms with Gasteiger partial charge in [0.25, 0.3) is 0 Å². The Labute approximate surface area is 425 Å².